The molecule has 1 aromatic carbocycles. The molecule has 1 heterocycles. The third-order valence-electron chi connectivity index (χ3n) is 4.42. The molecule has 26 heavy (non-hydrogen) atoms. The van der Waals surface area contributed by atoms with E-state index in [1.807, 2.05) is 6.92 Å². The summed E-state index contributed by atoms with van der Waals surface area (Å²) in [6, 6.07) is 6.55. The van der Waals surface area contributed by atoms with Crippen molar-refractivity contribution < 1.29 is 4.74 Å². The number of rotatable bonds is 11. The Labute approximate surface area is 165 Å². The molecule has 0 aliphatic rings. The highest BCUT2D eigenvalue weighted by atomic mass is 79.9. The zero-order valence-electron chi connectivity index (χ0n) is 16.1. The van der Waals surface area contributed by atoms with E-state index in [4.69, 9.17) is 4.74 Å². The summed E-state index contributed by atoms with van der Waals surface area (Å²) in [5.41, 5.74) is 3.53. The second kappa shape index (κ2) is 11.2. The Hall–Kier alpha value is -1.62. The summed E-state index contributed by atoms with van der Waals surface area (Å²) in [5, 5.41) is 3.28. The van der Waals surface area contributed by atoms with Crippen LogP contribution in [0.5, 0.6) is 5.75 Å². The highest BCUT2D eigenvalue weighted by Crippen LogP contribution is 2.22. The summed E-state index contributed by atoms with van der Waals surface area (Å²) >= 11 is 3.50. The minimum atomic E-state index is 0.590. The highest BCUT2D eigenvalue weighted by Gasteiger charge is 2.05. The molecule has 1 aromatic heterocycles. The number of ether oxygens (including phenoxy) is 1. The maximum atomic E-state index is 5.92. The molecule has 0 saturated carbocycles. The second-order valence-corrected chi connectivity index (χ2v) is 7.45. The van der Waals surface area contributed by atoms with Gasteiger partial charge in [0.05, 0.1) is 16.7 Å². The molecule has 0 amide bonds. The van der Waals surface area contributed by atoms with Crippen LogP contribution in [0, 0.1) is 13.8 Å². The van der Waals surface area contributed by atoms with Crippen molar-refractivity contribution in [3.8, 4) is 5.75 Å². The predicted molar refractivity (Wildman–Crippen MR) is 112 cm³/mol. The number of unbranched alkanes of at least 4 members (excludes halogenated alkanes) is 4. The van der Waals surface area contributed by atoms with E-state index in [1.54, 1.807) is 6.33 Å². The lowest BCUT2D eigenvalue weighted by Gasteiger charge is -2.12. The molecule has 0 unspecified atom stereocenters. The van der Waals surface area contributed by atoms with Gasteiger partial charge in [-0.15, -0.1) is 0 Å². The van der Waals surface area contributed by atoms with E-state index >= 15 is 0 Å². The lowest BCUT2D eigenvalue weighted by Crippen LogP contribution is -2.13. The van der Waals surface area contributed by atoms with Gasteiger partial charge in [0, 0.05) is 0 Å². The summed E-state index contributed by atoms with van der Waals surface area (Å²) in [6.07, 6.45) is 9.33. The topological polar surface area (TPSA) is 47.0 Å². The molecule has 2 aromatic rings. The molecule has 0 radical (unpaired) electrons. The van der Waals surface area contributed by atoms with E-state index in [2.05, 4.69) is 63.3 Å². The SMILES string of the molecule is CCCCCCCc1ccc(OCCNc2ncnc(C)c2Br)c(C)c1. The van der Waals surface area contributed by atoms with E-state index in [-0.39, 0.29) is 0 Å². The van der Waals surface area contributed by atoms with Gasteiger partial charge in [-0.2, -0.15) is 0 Å². The first-order chi connectivity index (χ1) is 12.6. The molecule has 4 nitrogen and oxygen atoms in total. The molecule has 142 valence electrons. The van der Waals surface area contributed by atoms with Crippen molar-refractivity contribution in [2.75, 3.05) is 18.5 Å². The summed E-state index contributed by atoms with van der Waals surface area (Å²) in [5.74, 6) is 1.76. The fourth-order valence-corrected chi connectivity index (χ4v) is 3.22. The molecule has 5 heteroatoms. The zero-order chi connectivity index (χ0) is 18.8. The third-order valence-corrected chi connectivity index (χ3v) is 5.37. The van der Waals surface area contributed by atoms with E-state index < -0.39 is 0 Å². The van der Waals surface area contributed by atoms with Gasteiger partial charge in [0.2, 0.25) is 0 Å². The number of hydrogen-bond acceptors (Lipinski definition) is 4. The van der Waals surface area contributed by atoms with Crippen molar-refractivity contribution in [3.05, 3.63) is 45.8 Å². The van der Waals surface area contributed by atoms with Crippen LogP contribution >= 0.6 is 15.9 Å². The Bertz CT molecular complexity index is 691. The van der Waals surface area contributed by atoms with Gasteiger partial charge in [-0.3, -0.25) is 0 Å². The summed E-state index contributed by atoms with van der Waals surface area (Å²) in [6.45, 7) is 7.60. The number of anilines is 1. The van der Waals surface area contributed by atoms with Gasteiger partial charge < -0.3 is 10.1 Å². The van der Waals surface area contributed by atoms with Crippen molar-refractivity contribution in [2.45, 2.75) is 59.3 Å². The number of aromatic nitrogens is 2. The van der Waals surface area contributed by atoms with Crippen LogP contribution in [0.1, 0.15) is 55.8 Å². The molecule has 0 saturated heterocycles. The fourth-order valence-electron chi connectivity index (χ4n) is 2.87. The number of halogens is 1. The molecular formula is C21H30BrN3O. The van der Waals surface area contributed by atoms with Gasteiger partial charge in [0.1, 0.15) is 24.5 Å². The van der Waals surface area contributed by atoms with Crippen molar-refractivity contribution in [2.24, 2.45) is 0 Å². The standard InChI is InChI=1S/C21H30BrN3O/c1-4-5-6-7-8-9-18-10-11-19(16(2)14-18)26-13-12-23-21-20(22)17(3)24-15-25-21/h10-11,14-15H,4-9,12-13H2,1-3H3,(H,23,24,25). The molecule has 1 N–H and O–H groups in total. The second-order valence-electron chi connectivity index (χ2n) is 6.66. The monoisotopic (exact) mass is 419 g/mol. The minimum Gasteiger partial charge on any atom is -0.491 e. The van der Waals surface area contributed by atoms with Crippen LogP contribution in [0.2, 0.25) is 0 Å². The van der Waals surface area contributed by atoms with Crippen molar-refractivity contribution in [3.63, 3.8) is 0 Å². The van der Waals surface area contributed by atoms with E-state index in [0.29, 0.717) is 13.2 Å². The normalized spacial score (nSPS) is 10.8. The van der Waals surface area contributed by atoms with Gasteiger partial charge in [-0.25, -0.2) is 9.97 Å². The Balaban J connectivity index is 1.74. The van der Waals surface area contributed by atoms with Crippen LogP contribution in [-0.4, -0.2) is 23.1 Å². The number of nitrogens with one attached hydrogen (secondary N) is 1. The van der Waals surface area contributed by atoms with Crippen LogP contribution < -0.4 is 10.1 Å². The quantitative estimate of drug-likeness (QED) is 0.463. The molecule has 0 atom stereocenters. The molecule has 0 aliphatic carbocycles. The first kappa shape index (κ1) is 20.7. The Morgan fingerprint density at radius 2 is 1.88 bits per heavy atom. The van der Waals surface area contributed by atoms with Crippen LogP contribution in [0.4, 0.5) is 5.82 Å². The number of benzene rings is 1. The first-order valence-corrected chi connectivity index (χ1v) is 10.3. The average molecular weight is 420 g/mol. The number of aryl methyl sites for hydroxylation is 3. The van der Waals surface area contributed by atoms with Crippen LogP contribution in [0.3, 0.4) is 0 Å². The summed E-state index contributed by atoms with van der Waals surface area (Å²) < 4.78 is 6.82. The third kappa shape index (κ3) is 6.60. The van der Waals surface area contributed by atoms with Gasteiger partial charge in [0.15, 0.2) is 0 Å². The van der Waals surface area contributed by atoms with Crippen molar-refractivity contribution in [1.29, 1.82) is 0 Å². The molecule has 0 spiro atoms. The van der Waals surface area contributed by atoms with Gasteiger partial charge in [0.25, 0.3) is 0 Å². The van der Waals surface area contributed by atoms with E-state index in [9.17, 15) is 0 Å². The minimum absolute atomic E-state index is 0.590. The molecule has 2 rings (SSSR count). The summed E-state index contributed by atoms with van der Waals surface area (Å²) in [7, 11) is 0. The van der Waals surface area contributed by atoms with Crippen LogP contribution in [0.25, 0.3) is 0 Å². The Morgan fingerprint density at radius 3 is 2.65 bits per heavy atom. The average Bonchev–Trinajstić information content (AvgIpc) is 2.63. The predicted octanol–water partition coefficient (Wildman–Crippen LogP) is 5.86. The van der Waals surface area contributed by atoms with E-state index in [0.717, 1.165) is 28.2 Å². The first-order valence-electron chi connectivity index (χ1n) is 9.55. The molecule has 0 fully saturated rings. The van der Waals surface area contributed by atoms with E-state index in [1.165, 1.54) is 43.2 Å². The van der Waals surface area contributed by atoms with Crippen LogP contribution in [-0.2, 0) is 6.42 Å². The van der Waals surface area contributed by atoms with Crippen LogP contribution in [0.15, 0.2) is 29.0 Å². The van der Waals surface area contributed by atoms with Crippen molar-refractivity contribution >= 4 is 21.7 Å². The smallest absolute Gasteiger partial charge is 0.144 e. The molecule has 0 bridgehead atoms. The largest absolute Gasteiger partial charge is 0.491 e. The zero-order valence-corrected chi connectivity index (χ0v) is 17.7. The highest BCUT2D eigenvalue weighted by molar-refractivity contribution is 9.10. The Kier molecular flexibility index (Phi) is 8.89. The molecule has 0 aliphatic heterocycles. The maximum absolute atomic E-state index is 5.92. The number of nitrogens with zero attached hydrogens (tertiary/aromatic N) is 2. The lowest BCUT2D eigenvalue weighted by molar-refractivity contribution is 0.330. The lowest BCUT2D eigenvalue weighted by atomic mass is 10.0. The van der Waals surface area contributed by atoms with Gasteiger partial charge in [-0.1, -0.05) is 44.7 Å². The number of hydrogen-bond donors (Lipinski definition) is 1. The molecular weight excluding hydrogens is 390 g/mol. The maximum Gasteiger partial charge on any atom is 0.144 e. The fraction of sp³-hybridized carbons (Fsp3) is 0.524. The van der Waals surface area contributed by atoms with Gasteiger partial charge in [-0.05, 0) is 59.8 Å². The Morgan fingerprint density at radius 1 is 1.08 bits per heavy atom. The van der Waals surface area contributed by atoms with Gasteiger partial charge >= 0.3 is 0 Å². The summed E-state index contributed by atoms with van der Waals surface area (Å²) in [4.78, 5) is 8.38. The van der Waals surface area contributed by atoms with Crippen molar-refractivity contribution in [1.82, 2.24) is 9.97 Å².